The zero-order chi connectivity index (χ0) is 12.8. The second-order valence-corrected chi connectivity index (χ2v) is 4.39. The van der Waals surface area contributed by atoms with E-state index in [-0.39, 0.29) is 11.9 Å². The third-order valence-electron chi connectivity index (χ3n) is 2.97. The van der Waals surface area contributed by atoms with Crippen LogP contribution in [0.5, 0.6) is 0 Å². The van der Waals surface area contributed by atoms with Crippen LogP contribution in [-0.4, -0.2) is 19.0 Å². The molecule has 1 amide bonds. The Kier molecular flexibility index (Phi) is 5.16. The van der Waals surface area contributed by atoms with Crippen molar-refractivity contribution in [2.24, 2.45) is 0 Å². The summed E-state index contributed by atoms with van der Waals surface area (Å²) in [6.07, 6.45) is 1.85. The number of likely N-dealkylation sites (N-methyl/N-ethyl adjacent to an activating group) is 1. The Morgan fingerprint density at radius 2 is 1.88 bits per heavy atom. The topological polar surface area (TPSA) is 41.1 Å². The van der Waals surface area contributed by atoms with Crippen molar-refractivity contribution in [3.8, 4) is 0 Å². The summed E-state index contributed by atoms with van der Waals surface area (Å²) in [5, 5.41) is 6.06. The number of benzene rings is 1. The van der Waals surface area contributed by atoms with Crippen LogP contribution in [0.1, 0.15) is 30.9 Å². The van der Waals surface area contributed by atoms with Crippen LogP contribution in [0.15, 0.2) is 18.2 Å². The lowest BCUT2D eigenvalue weighted by atomic mass is 10.1. The number of amides is 1. The largest absolute Gasteiger partial charge is 0.324 e. The quantitative estimate of drug-likeness (QED) is 0.822. The van der Waals surface area contributed by atoms with Gasteiger partial charge in [0, 0.05) is 5.69 Å². The van der Waals surface area contributed by atoms with Gasteiger partial charge >= 0.3 is 0 Å². The van der Waals surface area contributed by atoms with E-state index in [0.29, 0.717) is 0 Å². The highest BCUT2D eigenvalue weighted by molar-refractivity contribution is 5.96. The molecule has 0 bridgehead atoms. The summed E-state index contributed by atoms with van der Waals surface area (Å²) in [7, 11) is 1.82. The molecule has 3 nitrogen and oxygen atoms in total. The fourth-order valence-electron chi connectivity index (χ4n) is 1.92. The SMILES string of the molecule is CCC[C@H](NC)C(=O)Nc1c(C)cccc1C. The van der Waals surface area contributed by atoms with Gasteiger partial charge in [0.25, 0.3) is 0 Å². The number of nitrogens with one attached hydrogen (secondary N) is 2. The molecule has 3 heteroatoms. The lowest BCUT2D eigenvalue weighted by Gasteiger charge is -2.17. The Morgan fingerprint density at radius 3 is 2.35 bits per heavy atom. The van der Waals surface area contributed by atoms with E-state index in [0.717, 1.165) is 29.7 Å². The summed E-state index contributed by atoms with van der Waals surface area (Å²) in [5.74, 6) is 0.0479. The molecule has 2 N–H and O–H groups in total. The predicted octanol–water partition coefficient (Wildman–Crippen LogP) is 2.63. The maximum absolute atomic E-state index is 12.1. The fraction of sp³-hybridized carbons (Fsp3) is 0.500. The highest BCUT2D eigenvalue weighted by Crippen LogP contribution is 2.19. The summed E-state index contributed by atoms with van der Waals surface area (Å²) in [6, 6.07) is 5.91. The van der Waals surface area contributed by atoms with Crippen molar-refractivity contribution < 1.29 is 4.79 Å². The first-order chi connectivity index (χ1) is 8.10. The molecule has 0 heterocycles. The number of rotatable bonds is 5. The van der Waals surface area contributed by atoms with Crippen LogP contribution in [0.2, 0.25) is 0 Å². The molecular formula is C14H22N2O. The average Bonchev–Trinajstić information content (AvgIpc) is 2.30. The number of hydrogen-bond acceptors (Lipinski definition) is 2. The minimum Gasteiger partial charge on any atom is -0.324 e. The van der Waals surface area contributed by atoms with Crippen LogP contribution in [0.4, 0.5) is 5.69 Å². The van der Waals surface area contributed by atoms with Gasteiger partial charge in [0.15, 0.2) is 0 Å². The number of carbonyl (C=O) groups excluding carboxylic acids is 1. The van der Waals surface area contributed by atoms with Crippen molar-refractivity contribution in [3.63, 3.8) is 0 Å². The molecule has 94 valence electrons. The number of aryl methyl sites for hydroxylation is 2. The van der Waals surface area contributed by atoms with Gasteiger partial charge in [0.05, 0.1) is 6.04 Å². The lowest BCUT2D eigenvalue weighted by molar-refractivity contribution is -0.118. The van der Waals surface area contributed by atoms with Crippen molar-refractivity contribution in [2.45, 2.75) is 39.7 Å². The van der Waals surface area contributed by atoms with Crippen molar-refractivity contribution >= 4 is 11.6 Å². The zero-order valence-corrected chi connectivity index (χ0v) is 11.1. The van der Waals surface area contributed by atoms with Crippen LogP contribution in [0, 0.1) is 13.8 Å². The second kappa shape index (κ2) is 6.40. The molecule has 0 spiro atoms. The summed E-state index contributed by atoms with van der Waals surface area (Å²) < 4.78 is 0. The zero-order valence-electron chi connectivity index (χ0n) is 11.1. The Labute approximate surface area is 104 Å². The van der Waals surface area contributed by atoms with Gasteiger partial charge in [0.2, 0.25) is 5.91 Å². The molecule has 0 aliphatic carbocycles. The van der Waals surface area contributed by atoms with Crippen LogP contribution in [0.3, 0.4) is 0 Å². The van der Waals surface area contributed by atoms with E-state index in [1.54, 1.807) is 0 Å². The Hall–Kier alpha value is -1.35. The molecule has 0 aliphatic rings. The van der Waals surface area contributed by atoms with E-state index in [4.69, 9.17) is 0 Å². The molecule has 0 aliphatic heterocycles. The molecule has 0 aromatic heterocycles. The lowest BCUT2D eigenvalue weighted by Crippen LogP contribution is -2.38. The fourth-order valence-corrected chi connectivity index (χ4v) is 1.92. The van der Waals surface area contributed by atoms with E-state index in [1.165, 1.54) is 0 Å². The van der Waals surface area contributed by atoms with Gasteiger partial charge in [-0.25, -0.2) is 0 Å². The van der Waals surface area contributed by atoms with E-state index in [2.05, 4.69) is 17.6 Å². The smallest absolute Gasteiger partial charge is 0.241 e. The first-order valence-corrected chi connectivity index (χ1v) is 6.14. The monoisotopic (exact) mass is 234 g/mol. The van der Waals surface area contributed by atoms with Crippen molar-refractivity contribution in [1.82, 2.24) is 5.32 Å². The number of hydrogen-bond donors (Lipinski definition) is 2. The van der Waals surface area contributed by atoms with Gasteiger partial charge in [0.1, 0.15) is 0 Å². The molecule has 1 aromatic rings. The molecule has 1 atom stereocenters. The second-order valence-electron chi connectivity index (χ2n) is 4.39. The minimum atomic E-state index is -0.112. The predicted molar refractivity (Wildman–Crippen MR) is 72.3 cm³/mol. The van der Waals surface area contributed by atoms with Gasteiger partial charge in [-0.05, 0) is 38.4 Å². The molecule has 1 aromatic carbocycles. The van der Waals surface area contributed by atoms with Gasteiger partial charge in [-0.15, -0.1) is 0 Å². The first-order valence-electron chi connectivity index (χ1n) is 6.14. The Morgan fingerprint density at radius 1 is 1.29 bits per heavy atom. The van der Waals surface area contributed by atoms with Gasteiger partial charge < -0.3 is 10.6 Å². The molecule has 0 saturated heterocycles. The minimum absolute atomic E-state index is 0.0479. The Bertz CT molecular complexity index is 368. The first kappa shape index (κ1) is 13.7. The summed E-state index contributed by atoms with van der Waals surface area (Å²) in [5.41, 5.74) is 3.14. The molecular weight excluding hydrogens is 212 g/mol. The summed E-state index contributed by atoms with van der Waals surface area (Å²) in [6.45, 7) is 6.10. The molecule has 0 unspecified atom stereocenters. The van der Waals surface area contributed by atoms with Gasteiger partial charge in [-0.1, -0.05) is 31.5 Å². The molecule has 0 radical (unpaired) electrons. The third kappa shape index (κ3) is 3.56. The van der Waals surface area contributed by atoms with Gasteiger partial charge in [-0.3, -0.25) is 4.79 Å². The number of carbonyl (C=O) groups is 1. The van der Waals surface area contributed by atoms with Crippen LogP contribution >= 0.6 is 0 Å². The van der Waals surface area contributed by atoms with E-state index < -0.39 is 0 Å². The number of anilines is 1. The average molecular weight is 234 g/mol. The van der Waals surface area contributed by atoms with Crippen LogP contribution < -0.4 is 10.6 Å². The molecule has 0 fully saturated rings. The normalized spacial score (nSPS) is 12.2. The van der Waals surface area contributed by atoms with Crippen molar-refractivity contribution in [3.05, 3.63) is 29.3 Å². The van der Waals surface area contributed by atoms with E-state index in [9.17, 15) is 4.79 Å². The third-order valence-corrected chi connectivity index (χ3v) is 2.97. The summed E-state index contributed by atoms with van der Waals surface area (Å²) >= 11 is 0. The number of para-hydroxylation sites is 1. The van der Waals surface area contributed by atoms with Crippen LogP contribution in [-0.2, 0) is 4.79 Å². The van der Waals surface area contributed by atoms with Crippen molar-refractivity contribution in [2.75, 3.05) is 12.4 Å². The molecule has 0 saturated carbocycles. The molecule has 1 rings (SSSR count). The summed E-state index contributed by atoms with van der Waals surface area (Å²) in [4.78, 5) is 12.1. The highest BCUT2D eigenvalue weighted by Gasteiger charge is 2.16. The van der Waals surface area contributed by atoms with E-state index in [1.807, 2.05) is 39.1 Å². The van der Waals surface area contributed by atoms with Crippen LogP contribution in [0.25, 0.3) is 0 Å². The van der Waals surface area contributed by atoms with Gasteiger partial charge in [-0.2, -0.15) is 0 Å². The van der Waals surface area contributed by atoms with Crippen molar-refractivity contribution in [1.29, 1.82) is 0 Å². The standard InChI is InChI=1S/C14H22N2O/c1-5-7-12(15-4)14(17)16-13-10(2)8-6-9-11(13)3/h6,8-9,12,15H,5,7H2,1-4H3,(H,16,17)/t12-/m0/s1. The van der Waals surface area contributed by atoms with E-state index >= 15 is 0 Å². The Balaban J connectivity index is 2.80. The highest BCUT2D eigenvalue weighted by atomic mass is 16.2. The molecule has 17 heavy (non-hydrogen) atoms. The maximum Gasteiger partial charge on any atom is 0.241 e. The maximum atomic E-state index is 12.1.